The van der Waals surface area contributed by atoms with Crippen molar-refractivity contribution < 1.29 is 13.6 Å². The van der Waals surface area contributed by atoms with Crippen LogP contribution in [0.3, 0.4) is 0 Å². The van der Waals surface area contributed by atoms with E-state index in [0.29, 0.717) is 17.8 Å². The maximum absolute atomic E-state index is 13.3. The fourth-order valence-corrected chi connectivity index (χ4v) is 3.94. The Hall–Kier alpha value is -2.99. The van der Waals surface area contributed by atoms with Crippen LogP contribution in [0.2, 0.25) is 0 Å². The van der Waals surface area contributed by atoms with E-state index in [4.69, 9.17) is 4.42 Å². The van der Waals surface area contributed by atoms with Gasteiger partial charge in [0.1, 0.15) is 11.4 Å². The number of carbonyl (C=O) groups is 1. The molecule has 28 heavy (non-hydrogen) atoms. The summed E-state index contributed by atoms with van der Waals surface area (Å²) in [5, 5.41) is 3.55. The Morgan fingerprint density at radius 2 is 2.00 bits per heavy atom. The van der Waals surface area contributed by atoms with Crippen molar-refractivity contribution in [1.29, 1.82) is 0 Å². The Morgan fingerprint density at radius 1 is 1.21 bits per heavy atom. The Morgan fingerprint density at radius 3 is 2.75 bits per heavy atom. The molecule has 1 N–H and O–H groups in total. The lowest BCUT2D eigenvalue weighted by atomic mass is 10.0. The number of nitrogens with zero attached hydrogens (tertiary/aromatic N) is 1. The van der Waals surface area contributed by atoms with Crippen molar-refractivity contribution in [3.63, 3.8) is 0 Å². The van der Waals surface area contributed by atoms with Crippen LogP contribution in [0.1, 0.15) is 36.9 Å². The van der Waals surface area contributed by atoms with E-state index in [1.165, 1.54) is 25.1 Å². The molecule has 0 aliphatic carbocycles. The summed E-state index contributed by atoms with van der Waals surface area (Å²) in [6.45, 7) is 2.94. The predicted octanol–water partition coefficient (Wildman–Crippen LogP) is 4.23. The van der Waals surface area contributed by atoms with Gasteiger partial charge in [0.05, 0.1) is 0 Å². The summed E-state index contributed by atoms with van der Waals surface area (Å²) in [7, 11) is 0. The highest BCUT2D eigenvalue weighted by Gasteiger charge is 2.26. The van der Waals surface area contributed by atoms with Gasteiger partial charge < -0.3 is 9.73 Å². The second-order valence-electron chi connectivity index (χ2n) is 7.16. The molecule has 0 bridgehead atoms. The first-order valence-corrected chi connectivity index (χ1v) is 9.33. The lowest BCUT2D eigenvalue weighted by Gasteiger charge is -2.25. The van der Waals surface area contributed by atoms with Gasteiger partial charge in [0, 0.05) is 42.7 Å². The van der Waals surface area contributed by atoms with Crippen LogP contribution in [-0.4, -0.2) is 17.4 Å². The standard InChI is InChI=1S/C22H21FN2O3/c1-14(26)24-18-8-9-19-16(11-22(27)28-21(19)12-18)13-25-10-2-3-20(25)15-4-6-17(23)7-5-15/h4-9,11-12,20H,2-3,10,13H2,1H3,(H,24,26). The fraction of sp³-hybridized carbons (Fsp3) is 0.273. The number of anilines is 1. The van der Waals surface area contributed by atoms with E-state index >= 15 is 0 Å². The molecular formula is C22H21FN2O3. The minimum atomic E-state index is -0.417. The molecule has 144 valence electrons. The number of rotatable bonds is 4. The van der Waals surface area contributed by atoms with Crippen LogP contribution in [0.15, 0.2) is 57.7 Å². The quantitative estimate of drug-likeness (QED) is 0.688. The van der Waals surface area contributed by atoms with Crippen molar-refractivity contribution >= 4 is 22.6 Å². The van der Waals surface area contributed by atoms with Crippen molar-refractivity contribution in [1.82, 2.24) is 4.90 Å². The first-order valence-electron chi connectivity index (χ1n) is 9.33. The summed E-state index contributed by atoms with van der Waals surface area (Å²) in [5.41, 5.74) is 2.59. The molecule has 0 spiro atoms. The summed E-state index contributed by atoms with van der Waals surface area (Å²) in [6, 6.07) is 13.7. The van der Waals surface area contributed by atoms with Gasteiger partial charge in [0.25, 0.3) is 0 Å². The lowest BCUT2D eigenvalue weighted by Crippen LogP contribution is -2.23. The highest BCUT2D eigenvalue weighted by molar-refractivity contribution is 5.92. The van der Waals surface area contributed by atoms with Crippen LogP contribution in [0.4, 0.5) is 10.1 Å². The largest absolute Gasteiger partial charge is 0.423 e. The topological polar surface area (TPSA) is 62.6 Å². The number of halogens is 1. The number of amides is 1. The van der Waals surface area contributed by atoms with E-state index in [1.807, 2.05) is 18.2 Å². The molecule has 0 saturated carbocycles. The molecule has 1 aliphatic rings. The van der Waals surface area contributed by atoms with Crippen LogP contribution in [0.25, 0.3) is 11.0 Å². The zero-order valence-electron chi connectivity index (χ0n) is 15.6. The number of carbonyl (C=O) groups excluding carboxylic acids is 1. The van der Waals surface area contributed by atoms with Gasteiger partial charge in [-0.3, -0.25) is 9.69 Å². The molecule has 4 rings (SSSR count). The molecular weight excluding hydrogens is 359 g/mol. The van der Waals surface area contributed by atoms with Crippen molar-refractivity contribution in [2.45, 2.75) is 32.4 Å². The summed E-state index contributed by atoms with van der Waals surface area (Å²) in [4.78, 5) is 25.7. The van der Waals surface area contributed by atoms with E-state index in [2.05, 4.69) is 10.2 Å². The second kappa shape index (κ2) is 7.56. The molecule has 6 heteroatoms. The maximum atomic E-state index is 13.3. The van der Waals surface area contributed by atoms with Crippen LogP contribution in [-0.2, 0) is 11.3 Å². The minimum absolute atomic E-state index is 0.183. The monoisotopic (exact) mass is 380 g/mol. The number of likely N-dealkylation sites (tertiary alicyclic amines) is 1. The van der Waals surface area contributed by atoms with Gasteiger partial charge in [0.2, 0.25) is 5.91 Å². The van der Waals surface area contributed by atoms with Crippen LogP contribution in [0.5, 0.6) is 0 Å². The molecule has 1 aromatic heterocycles. The van der Waals surface area contributed by atoms with E-state index in [9.17, 15) is 14.0 Å². The van der Waals surface area contributed by atoms with E-state index in [1.54, 1.807) is 12.1 Å². The molecule has 1 saturated heterocycles. The summed E-state index contributed by atoms with van der Waals surface area (Å²) < 4.78 is 18.6. The summed E-state index contributed by atoms with van der Waals surface area (Å²) >= 11 is 0. The van der Waals surface area contributed by atoms with Gasteiger partial charge in [-0.15, -0.1) is 0 Å². The SMILES string of the molecule is CC(=O)Nc1ccc2c(CN3CCCC3c3ccc(F)cc3)cc(=O)oc2c1. The van der Waals surface area contributed by atoms with Crippen LogP contribution >= 0.6 is 0 Å². The highest BCUT2D eigenvalue weighted by Crippen LogP contribution is 2.34. The zero-order chi connectivity index (χ0) is 19.7. The first kappa shape index (κ1) is 18.4. The minimum Gasteiger partial charge on any atom is -0.423 e. The van der Waals surface area contributed by atoms with Crippen molar-refractivity contribution in [2.24, 2.45) is 0 Å². The normalized spacial score (nSPS) is 17.1. The Labute approximate surface area is 161 Å². The molecule has 1 atom stereocenters. The first-order chi connectivity index (χ1) is 13.5. The van der Waals surface area contributed by atoms with Gasteiger partial charge in [-0.2, -0.15) is 0 Å². The molecule has 1 fully saturated rings. The predicted molar refractivity (Wildman–Crippen MR) is 106 cm³/mol. The smallest absolute Gasteiger partial charge is 0.336 e. The van der Waals surface area contributed by atoms with Gasteiger partial charge in [-0.1, -0.05) is 12.1 Å². The fourth-order valence-electron chi connectivity index (χ4n) is 3.94. The molecule has 3 aromatic rings. The van der Waals surface area contributed by atoms with E-state index < -0.39 is 5.63 Å². The van der Waals surface area contributed by atoms with E-state index in [-0.39, 0.29) is 17.8 Å². The molecule has 2 heterocycles. The zero-order valence-corrected chi connectivity index (χ0v) is 15.6. The highest BCUT2D eigenvalue weighted by atomic mass is 19.1. The third-order valence-corrected chi connectivity index (χ3v) is 5.14. The average molecular weight is 380 g/mol. The molecule has 0 radical (unpaired) electrons. The van der Waals surface area contributed by atoms with Crippen LogP contribution < -0.4 is 10.9 Å². The van der Waals surface area contributed by atoms with Gasteiger partial charge in [-0.25, -0.2) is 9.18 Å². The number of hydrogen-bond acceptors (Lipinski definition) is 4. The number of fused-ring (bicyclic) bond motifs is 1. The molecule has 5 nitrogen and oxygen atoms in total. The van der Waals surface area contributed by atoms with Crippen molar-refractivity contribution in [3.8, 4) is 0 Å². The van der Waals surface area contributed by atoms with Crippen LogP contribution in [0, 0.1) is 5.82 Å². The van der Waals surface area contributed by atoms with Gasteiger partial charge in [0.15, 0.2) is 0 Å². The number of hydrogen-bond donors (Lipinski definition) is 1. The Bertz CT molecular complexity index is 1080. The third-order valence-electron chi connectivity index (χ3n) is 5.14. The summed E-state index contributed by atoms with van der Waals surface area (Å²) in [5.74, 6) is -0.424. The molecule has 1 aliphatic heterocycles. The Kier molecular flexibility index (Phi) is 4.96. The average Bonchev–Trinajstić information content (AvgIpc) is 3.09. The van der Waals surface area contributed by atoms with E-state index in [0.717, 1.165) is 35.9 Å². The van der Waals surface area contributed by atoms with Gasteiger partial charge in [-0.05, 0) is 54.8 Å². The van der Waals surface area contributed by atoms with Crippen molar-refractivity contribution in [3.05, 3.63) is 75.9 Å². The number of benzene rings is 2. The second-order valence-corrected chi connectivity index (χ2v) is 7.16. The molecule has 2 aromatic carbocycles. The third kappa shape index (κ3) is 3.82. The maximum Gasteiger partial charge on any atom is 0.336 e. The van der Waals surface area contributed by atoms with Gasteiger partial charge >= 0.3 is 5.63 Å². The number of nitrogens with one attached hydrogen (secondary N) is 1. The summed E-state index contributed by atoms with van der Waals surface area (Å²) in [6.07, 6.45) is 2.05. The lowest BCUT2D eigenvalue weighted by molar-refractivity contribution is -0.114. The molecule has 1 amide bonds. The van der Waals surface area contributed by atoms with Crippen molar-refractivity contribution in [2.75, 3.05) is 11.9 Å². The Balaban J connectivity index is 1.65. The molecule has 1 unspecified atom stereocenters.